The average Bonchev–Trinajstić information content (AvgIpc) is 3.47. The van der Waals surface area contributed by atoms with Crippen molar-refractivity contribution in [1.82, 2.24) is 0 Å². The average molecular weight is 626 g/mol. The van der Waals surface area contributed by atoms with Crippen LogP contribution in [0.5, 0.6) is 5.75 Å². The number of carbonyl (C=O) groups is 3. The molecule has 1 fully saturated rings. The number of esters is 1. The maximum Gasteiger partial charge on any atom is 0.347 e. The van der Waals surface area contributed by atoms with E-state index in [1.807, 2.05) is 0 Å². The molecule has 6 nitrogen and oxygen atoms in total. The Morgan fingerprint density at radius 2 is 1.57 bits per heavy atom. The molecule has 3 aromatic carbocycles. The highest BCUT2D eigenvalue weighted by molar-refractivity contribution is 9.10. The van der Waals surface area contributed by atoms with E-state index >= 15 is 0 Å². The van der Waals surface area contributed by atoms with Crippen LogP contribution in [0, 0.1) is 16.6 Å². The fourth-order valence-electron chi connectivity index (χ4n) is 5.65. The second kappa shape index (κ2) is 8.03. The number of hydrogen-bond acceptors (Lipinski definition) is 6. The summed E-state index contributed by atoms with van der Waals surface area (Å²) in [6.07, 6.45) is 0. The van der Waals surface area contributed by atoms with Crippen LogP contribution < -0.4 is 10.4 Å². The number of rotatable bonds is 4. The Hall–Kier alpha value is -3.43. The Kier molecular flexibility index (Phi) is 5.20. The molecule has 0 spiro atoms. The molecule has 1 saturated carbocycles. The largest absolute Gasteiger partial charge is 0.425 e. The highest BCUT2D eigenvalue weighted by Gasteiger charge is 2.87. The second-order valence-corrected chi connectivity index (χ2v) is 11.1. The molecule has 4 aromatic rings. The molecule has 6 rings (SSSR count). The van der Waals surface area contributed by atoms with Crippen LogP contribution in [0.1, 0.15) is 39.1 Å². The Labute approximate surface area is 225 Å². The smallest absolute Gasteiger partial charge is 0.347 e. The lowest BCUT2D eigenvalue weighted by Crippen LogP contribution is -2.40. The van der Waals surface area contributed by atoms with Gasteiger partial charge in [-0.1, -0.05) is 38.8 Å². The first-order valence-electron chi connectivity index (χ1n) is 11.2. The van der Waals surface area contributed by atoms with E-state index < -0.39 is 45.7 Å². The fourth-order valence-corrected chi connectivity index (χ4v) is 6.40. The van der Waals surface area contributed by atoms with Gasteiger partial charge in [-0.05, 0) is 66.7 Å². The molecule has 1 aliphatic carbocycles. The van der Waals surface area contributed by atoms with Gasteiger partial charge in [-0.25, -0.2) is 9.18 Å². The van der Waals surface area contributed by atoms with E-state index in [0.717, 1.165) is 12.1 Å². The van der Waals surface area contributed by atoms with Crippen molar-refractivity contribution in [3.05, 3.63) is 109 Å². The predicted octanol–water partition coefficient (Wildman–Crippen LogP) is 6.23. The minimum atomic E-state index is -2.01. The van der Waals surface area contributed by atoms with Gasteiger partial charge < -0.3 is 9.15 Å². The van der Waals surface area contributed by atoms with Crippen molar-refractivity contribution in [1.29, 1.82) is 0 Å². The molecule has 1 aliphatic heterocycles. The third kappa shape index (κ3) is 3.20. The normalized spacial score (nSPS) is 23.7. The maximum absolute atomic E-state index is 14.2. The van der Waals surface area contributed by atoms with Crippen LogP contribution >= 0.6 is 31.9 Å². The summed E-state index contributed by atoms with van der Waals surface area (Å²) in [4.78, 5) is 54.8. The summed E-state index contributed by atoms with van der Waals surface area (Å²) in [6, 6.07) is 16.1. The number of carbonyl (C=O) groups excluding carboxylic acids is 3. The Balaban J connectivity index is 1.59. The van der Waals surface area contributed by atoms with E-state index in [-0.39, 0.29) is 22.5 Å². The summed E-state index contributed by atoms with van der Waals surface area (Å²) in [5.41, 5.74) is -4.03. The van der Waals surface area contributed by atoms with Crippen LogP contribution in [0.2, 0.25) is 0 Å². The molecule has 184 valence electrons. The molecule has 2 aliphatic rings. The summed E-state index contributed by atoms with van der Waals surface area (Å²) in [7, 11) is 0. The molecule has 0 unspecified atom stereocenters. The van der Waals surface area contributed by atoms with Crippen molar-refractivity contribution in [2.24, 2.45) is 10.8 Å². The third-order valence-corrected chi connectivity index (χ3v) is 8.42. The minimum absolute atomic E-state index is 0.129. The summed E-state index contributed by atoms with van der Waals surface area (Å²) in [6.45, 7) is 1.51. The monoisotopic (exact) mass is 624 g/mol. The number of Topliss-reactive ketones (excluding diaryl/α,β-unsaturated/α-hetero) is 2. The van der Waals surface area contributed by atoms with Crippen molar-refractivity contribution in [3.63, 3.8) is 0 Å². The number of ether oxygens (including phenoxy) is 1. The van der Waals surface area contributed by atoms with Crippen LogP contribution in [0.25, 0.3) is 11.0 Å². The van der Waals surface area contributed by atoms with E-state index in [1.165, 1.54) is 25.1 Å². The summed E-state index contributed by atoms with van der Waals surface area (Å²) >= 11 is 6.76. The zero-order chi connectivity index (χ0) is 26.3. The first kappa shape index (κ1) is 23.9. The summed E-state index contributed by atoms with van der Waals surface area (Å²) < 4.78 is 25.9. The third-order valence-electron chi connectivity index (χ3n) is 7.43. The summed E-state index contributed by atoms with van der Waals surface area (Å²) in [5.74, 6) is -3.55. The molecular formula is C28H15Br2FO6. The second-order valence-electron chi connectivity index (χ2n) is 9.31. The van der Waals surface area contributed by atoms with E-state index in [1.54, 1.807) is 36.4 Å². The van der Waals surface area contributed by atoms with Gasteiger partial charge in [0.15, 0.2) is 17.0 Å². The standard InChI is InChI=1S/C28H15Br2FO6/c1-27(23(32)13-2-6-17(31)7-3-13)22-18-12-16(30)5-9-21(18)37-26(35)28(22,27)24(33)19-11-14-10-15(29)4-8-20(14)36-25(19)34/h2-12,22H,1H3/t22-,27+,28-/m0/s1. The lowest BCUT2D eigenvalue weighted by Gasteiger charge is -2.22. The number of hydrogen-bond donors (Lipinski definition) is 0. The van der Waals surface area contributed by atoms with Gasteiger partial charge in [0.25, 0.3) is 0 Å². The van der Waals surface area contributed by atoms with Crippen molar-refractivity contribution in [3.8, 4) is 5.75 Å². The molecule has 2 heterocycles. The number of halogens is 3. The van der Waals surface area contributed by atoms with E-state index in [0.29, 0.717) is 19.9 Å². The molecule has 37 heavy (non-hydrogen) atoms. The zero-order valence-corrected chi connectivity index (χ0v) is 22.2. The molecule has 0 N–H and O–H groups in total. The van der Waals surface area contributed by atoms with Crippen molar-refractivity contribution < 1.29 is 27.9 Å². The molecular weight excluding hydrogens is 611 g/mol. The lowest BCUT2D eigenvalue weighted by molar-refractivity contribution is -0.140. The van der Waals surface area contributed by atoms with Crippen molar-refractivity contribution in [2.45, 2.75) is 12.8 Å². The van der Waals surface area contributed by atoms with E-state index in [2.05, 4.69) is 31.9 Å². The van der Waals surface area contributed by atoms with E-state index in [9.17, 15) is 23.6 Å². The number of ketones is 2. The van der Waals surface area contributed by atoms with E-state index in [4.69, 9.17) is 9.15 Å². The highest BCUT2D eigenvalue weighted by atomic mass is 79.9. The van der Waals surface area contributed by atoms with Crippen molar-refractivity contribution >= 4 is 60.4 Å². The molecule has 0 bridgehead atoms. The maximum atomic E-state index is 14.2. The van der Waals surface area contributed by atoms with Gasteiger partial charge in [-0.3, -0.25) is 14.4 Å². The Bertz CT molecular complexity index is 1740. The molecule has 0 amide bonds. The van der Waals surface area contributed by atoms with Crippen LogP contribution in [0.3, 0.4) is 0 Å². The van der Waals surface area contributed by atoms with Crippen molar-refractivity contribution in [2.75, 3.05) is 0 Å². The first-order chi connectivity index (χ1) is 17.6. The number of benzene rings is 3. The van der Waals surface area contributed by atoms with Crippen LogP contribution in [0.4, 0.5) is 4.39 Å². The fraction of sp³-hybridized carbons (Fsp3) is 0.143. The van der Waals surface area contributed by atoms with Gasteiger partial charge in [0.1, 0.15) is 22.7 Å². The van der Waals surface area contributed by atoms with Gasteiger partial charge in [-0.15, -0.1) is 0 Å². The van der Waals surface area contributed by atoms with Gasteiger partial charge in [0, 0.05) is 31.4 Å². The van der Waals surface area contributed by atoms with Gasteiger partial charge >= 0.3 is 11.6 Å². The topological polar surface area (TPSA) is 90.7 Å². The van der Waals surface area contributed by atoms with Crippen LogP contribution in [0.15, 0.2) is 84.9 Å². The highest BCUT2D eigenvalue weighted by Crippen LogP contribution is 2.79. The first-order valence-corrected chi connectivity index (χ1v) is 12.8. The molecule has 0 radical (unpaired) electrons. The molecule has 9 heteroatoms. The van der Waals surface area contributed by atoms with Crippen LogP contribution in [-0.2, 0) is 4.79 Å². The van der Waals surface area contributed by atoms with Gasteiger partial charge in [0.05, 0.1) is 5.41 Å². The SMILES string of the molecule is C[C@]1(C(=O)c2ccc(F)cc2)[C@@H]2c3cc(Br)ccc3OC(=O)[C@@]21C(=O)c1cc2cc(Br)ccc2oc1=O. The summed E-state index contributed by atoms with van der Waals surface area (Å²) in [5, 5.41) is 0.463. The molecule has 3 atom stereocenters. The Morgan fingerprint density at radius 3 is 2.30 bits per heavy atom. The molecule has 0 saturated heterocycles. The molecule has 1 aromatic heterocycles. The minimum Gasteiger partial charge on any atom is -0.425 e. The Morgan fingerprint density at radius 1 is 0.892 bits per heavy atom. The quantitative estimate of drug-likeness (QED) is 0.0878. The number of fused-ring (bicyclic) bond motifs is 4. The predicted molar refractivity (Wildman–Crippen MR) is 138 cm³/mol. The zero-order valence-electron chi connectivity index (χ0n) is 19.0. The van der Waals surface area contributed by atoms with Gasteiger partial charge in [0.2, 0.25) is 0 Å². The lowest BCUT2D eigenvalue weighted by atomic mass is 9.82. The van der Waals surface area contributed by atoms with Crippen LogP contribution in [-0.4, -0.2) is 17.5 Å². The van der Waals surface area contributed by atoms with Gasteiger partial charge in [-0.2, -0.15) is 0 Å².